The molecule has 0 spiro atoms. The minimum absolute atomic E-state index is 0.115. The van der Waals surface area contributed by atoms with Crippen molar-refractivity contribution in [2.45, 2.75) is 6.92 Å². The van der Waals surface area contributed by atoms with Crippen molar-refractivity contribution in [3.8, 4) is 0 Å². The largest absolute Gasteiger partial charge is 0.398 e. The fourth-order valence-electron chi connectivity index (χ4n) is 1.03. The van der Waals surface area contributed by atoms with Gasteiger partial charge in [0.1, 0.15) is 0 Å². The topological polar surface area (TPSA) is 43.1 Å². The van der Waals surface area contributed by atoms with Crippen LogP contribution in [0.15, 0.2) is 18.2 Å². The molecule has 0 aliphatic heterocycles. The zero-order valence-corrected chi connectivity index (χ0v) is 8.96. The molecule has 0 saturated carbocycles. The molecule has 1 aromatic carbocycles. The highest BCUT2D eigenvalue weighted by molar-refractivity contribution is 14.2. The summed E-state index contributed by atoms with van der Waals surface area (Å²) in [5.74, 6) is 0. The molecule has 0 bridgehead atoms. The van der Waals surface area contributed by atoms with Crippen LogP contribution >= 0.6 is 20.7 Å². The van der Waals surface area contributed by atoms with Gasteiger partial charge in [-0.2, -0.15) is 0 Å². The van der Waals surface area contributed by atoms with Crippen LogP contribution in [0.4, 0.5) is 5.69 Å². The first-order chi connectivity index (χ1) is 5.66. The van der Waals surface area contributed by atoms with Crippen LogP contribution in [0.2, 0.25) is 0 Å². The summed E-state index contributed by atoms with van der Waals surface area (Å²) in [5, 5.41) is 0. The third kappa shape index (κ3) is 1.72. The summed E-state index contributed by atoms with van der Waals surface area (Å²) < 4.78 is 3.76. The second kappa shape index (κ2) is 3.80. The first kappa shape index (κ1) is 9.38. The van der Waals surface area contributed by atoms with E-state index in [0.29, 0.717) is 11.3 Å². The monoisotopic (exact) mass is 275 g/mol. The Morgan fingerprint density at radius 1 is 1.58 bits per heavy atom. The lowest BCUT2D eigenvalue weighted by Gasteiger charge is -2.03. The van der Waals surface area contributed by atoms with Crippen LogP contribution in [0, 0.1) is 6.92 Å². The van der Waals surface area contributed by atoms with E-state index in [-0.39, 0.29) is 3.79 Å². The molecule has 0 heterocycles. The Morgan fingerprint density at radius 3 is 2.75 bits per heavy atom. The maximum Gasteiger partial charge on any atom is 0.218 e. The van der Waals surface area contributed by atoms with Crippen molar-refractivity contribution in [3.63, 3.8) is 0 Å². The van der Waals surface area contributed by atoms with Crippen molar-refractivity contribution >= 4 is 34.7 Å². The van der Waals surface area contributed by atoms with Crippen molar-refractivity contribution in [1.82, 2.24) is 0 Å². The van der Waals surface area contributed by atoms with Crippen molar-refractivity contribution < 1.29 is 4.79 Å². The van der Waals surface area contributed by atoms with E-state index in [1.165, 1.54) is 0 Å². The van der Waals surface area contributed by atoms with E-state index < -0.39 is 20.7 Å². The number of carbonyl (C=O) groups is 1. The summed E-state index contributed by atoms with van der Waals surface area (Å²) in [4.78, 5) is 11.4. The maximum atomic E-state index is 11.4. The van der Waals surface area contributed by atoms with Gasteiger partial charge in [-0.3, -0.25) is 4.79 Å². The third-order valence-corrected chi connectivity index (χ3v) is 2.86. The van der Waals surface area contributed by atoms with E-state index >= 15 is 0 Å². The Kier molecular flexibility index (Phi) is 2.97. The Bertz CT molecular complexity index is 313. The maximum absolute atomic E-state index is 11.4. The molecule has 64 valence electrons. The van der Waals surface area contributed by atoms with E-state index in [4.69, 9.17) is 5.73 Å². The number of nitrogens with two attached hydrogens (primary N) is 1. The van der Waals surface area contributed by atoms with Gasteiger partial charge in [0, 0.05) is 5.69 Å². The summed E-state index contributed by atoms with van der Waals surface area (Å²) in [6.45, 7) is 1.89. The van der Waals surface area contributed by atoms with Gasteiger partial charge in [0.25, 0.3) is 0 Å². The number of nitrogen functional groups attached to an aromatic ring is 1. The fourth-order valence-corrected chi connectivity index (χ4v) is 2.14. The van der Waals surface area contributed by atoms with E-state index in [9.17, 15) is 4.79 Å². The fraction of sp³-hybridized carbons (Fsp3) is 0.111. The van der Waals surface area contributed by atoms with Gasteiger partial charge >= 0.3 is 0 Å². The highest BCUT2D eigenvalue weighted by Gasteiger charge is 2.08. The summed E-state index contributed by atoms with van der Waals surface area (Å²) in [5.41, 5.74) is 7.85. The average molecular weight is 275 g/mol. The first-order valence-electron chi connectivity index (χ1n) is 3.44. The Morgan fingerprint density at radius 2 is 2.25 bits per heavy atom. The summed E-state index contributed by atoms with van der Waals surface area (Å²) >= 11 is -0.636. The average Bonchev–Trinajstić information content (AvgIpc) is 2.03. The van der Waals surface area contributed by atoms with Crippen LogP contribution in [-0.2, 0) is 0 Å². The van der Waals surface area contributed by atoms with Crippen molar-refractivity contribution in [2.75, 3.05) is 5.73 Å². The number of hydrogen-bond acceptors (Lipinski definition) is 2. The van der Waals surface area contributed by atoms with Crippen LogP contribution in [0.1, 0.15) is 15.9 Å². The second-order valence-electron chi connectivity index (χ2n) is 2.45. The molecule has 1 rings (SSSR count). The number of halogens is 1. The van der Waals surface area contributed by atoms with E-state index in [1.807, 2.05) is 19.1 Å². The SMILES string of the molecule is C=IC(=O)c1c(C)cccc1N. The van der Waals surface area contributed by atoms with Crippen LogP contribution in [0.25, 0.3) is 0 Å². The van der Waals surface area contributed by atoms with Crippen LogP contribution in [-0.4, -0.2) is 8.30 Å². The highest BCUT2D eigenvalue weighted by Crippen LogP contribution is 2.20. The quantitative estimate of drug-likeness (QED) is 0.510. The molecular weight excluding hydrogens is 265 g/mol. The molecule has 0 radical (unpaired) electrons. The molecule has 0 fully saturated rings. The lowest BCUT2D eigenvalue weighted by molar-refractivity contribution is 0.110. The molecule has 0 aliphatic carbocycles. The minimum Gasteiger partial charge on any atom is -0.398 e. The van der Waals surface area contributed by atoms with Gasteiger partial charge in [-0.1, -0.05) is 16.6 Å². The zero-order valence-electron chi connectivity index (χ0n) is 6.80. The molecule has 0 aliphatic rings. The molecule has 1 aromatic rings. The van der Waals surface area contributed by atoms with Gasteiger partial charge in [-0.15, -0.1) is 0 Å². The molecule has 2 N–H and O–H groups in total. The minimum atomic E-state index is -0.636. The Balaban J connectivity index is 3.30. The van der Waals surface area contributed by atoms with Crippen molar-refractivity contribution in [3.05, 3.63) is 29.3 Å². The molecule has 0 aromatic heterocycles. The van der Waals surface area contributed by atoms with E-state index in [1.54, 1.807) is 6.07 Å². The standard InChI is InChI=1S/C9H10INO/c1-6-4-3-5-7(11)8(6)9(12)10-2/h3-5H,2,11H2,1H3. The van der Waals surface area contributed by atoms with E-state index in [0.717, 1.165) is 5.56 Å². The van der Waals surface area contributed by atoms with Crippen LogP contribution < -0.4 is 5.73 Å². The first-order valence-corrected chi connectivity index (χ1v) is 6.05. The number of hydrogen-bond donors (Lipinski definition) is 1. The number of carbonyl (C=O) groups excluding carboxylic acids is 1. The lowest BCUT2D eigenvalue weighted by atomic mass is 10.1. The summed E-state index contributed by atoms with van der Waals surface area (Å²) in [6.07, 6.45) is 0. The van der Waals surface area contributed by atoms with E-state index in [2.05, 4.69) is 4.51 Å². The van der Waals surface area contributed by atoms with Crippen LogP contribution in [0.3, 0.4) is 0 Å². The molecule has 0 amide bonds. The van der Waals surface area contributed by atoms with Gasteiger partial charge in [0.2, 0.25) is 3.79 Å². The number of benzene rings is 1. The van der Waals surface area contributed by atoms with Crippen molar-refractivity contribution in [1.29, 1.82) is 0 Å². The molecule has 12 heavy (non-hydrogen) atoms. The second-order valence-corrected chi connectivity index (χ2v) is 4.19. The zero-order chi connectivity index (χ0) is 9.14. The normalized spacial score (nSPS) is 9.75. The van der Waals surface area contributed by atoms with Gasteiger partial charge < -0.3 is 5.73 Å². The number of anilines is 1. The highest BCUT2D eigenvalue weighted by atomic mass is 127. The third-order valence-electron chi connectivity index (χ3n) is 1.62. The smallest absolute Gasteiger partial charge is 0.218 e. The molecule has 0 saturated heterocycles. The molecule has 3 heteroatoms. The number of rotatable bonds is 2. The number of aryl methyl sites for hydroxylation is 1. The molecule has 2 nitrogen and oxygen atoms in total. The predicted molar refractivity (Wildman–Crippen MR) is 61.1 cm³/mol. The van der Waals surface area contributed by atoms with Gasteiger partial charge in [-0.25, -0.2) is 0 Å². The lowest BCUT2D eigenvalue weighted by Crippen LogP contribution is -1.99. The molecule has 0 unspecified atom stereocenters. The van der Waals surface area contributed by atoms with Gasteiger partial charge in [0.15, 0.2) is 0 Å². The Hall–Kier alpha value is -0.710. The van der Waals surface area contributed by atoms with Crippen LogP contribution in [0.5, 0.6) is 0 Å². The predicted octanol–water partition coefficient (Wildman–Crippen LogP) is 2.12. The van der Waals surface area contributed by atoms with Crippen molar-refractivity contribution in [2.24, 2.45) is 0 Å². The summed E-state index contributed by atoms with van der Waals surface area (Å²) in [7, 11) is 0. The summed E-state index contributed by atoms with van der Waals surface area (Å²) in [6, 6.07) is 5.49. The molecule has 0 atom stereocenters. The molecular formula is C9H10INO. The van der Waals surface area contributed by atoms with Gasteiger partial charge in [-0.05, 0) is 39.3 Å². The van der Waals surface area contributed by atoms with Gasteiger partial charge in [0.05, 0.1) is 5.56 Å². The Labute approximate surface area is 81.5 Å².